The maximum Gasteiger partial charge on any atom is 0.343 e. The first-order chi connectivity index (χ1) is 18.9. The number of nitrogens with zero attached hydrogens (tertiary/aromatic N) is 7. The van der Waals surface area contributed by atoms with Crippen molar-refractivity contribution in [1.29, 1.82) is 0 Å². The summed E-state index contributed by atoms with van der Waals surface area (Å²) in [6.45, 7) is 5.85. The van der Waals surface area contributed by atoms with E-state index in [0.29, 0.717) is 29.1 Å². The number of carbonyl (C=O) groups excluding carboxylic acids is 2. The second kappa shape index (κ2) is 12.4. The summed E-state index contributed by atoms with van der Waals surface area (Å²) >= 11 is 0. The molecule has 4 aromatic rings. The highest BCUT2D eigenvalue weighted by Gasteiger charge is 2.25. The lowest BCUT2D eigenvalue weighted by molar-refractivity contribution is 0.0729. The van der Waals surface area contributed by atoms with Gasteiger partial charge in [-0.05, 0) is 59.3 Å². The molecule has 0 aliphatic carbocycles. The summed E-state index contributed by atoms with van der Waals surface area (Å²) in [5, 5.41) is 19.5. The van der Waals surface area contributed by atoms with Crippen LogP contribution < -0.4 is 20.6 Å². The fraction of sp³-hybridized carbons (Fsp3) is 0.240. The van der Waals surface area contributed by atoms with Gasteiger partial charge in [-0.1, -0.05) is 37.3 Å². The van der Waals surface area contributed by atoms with Gasteiger partial charge in [-0.15, -0.1) is 5.10 Å². The summed E-state index contributed by atoms with van der Waals surface area (Å²) in [6, 6.07) is 13.4. The maximum atomic E-state index is 13.2. The van der Waals surface area contributed by atoms with Crippen LogP contribution in [-0.4, -0.2) is 68.5 Å². The van der Waals surface area contributed by atoms with Gasteiger partial charge < -0.3 is 15.2 Å². The second-order valence-corrected chi connectivity index (χ2v) is 8.10. The van der Waals surface area contributed by atoms with Crippen molar-refractivity contribution in [2.45, 2.75) is 20.4 Å². The Kier molecular flexibility index (Phi) is 8.58. The fourth-order valence-corrected chi connectivity index (χ4v) is 3.59. The molecule has 4 rings (SSSR count). The number of rotatable bonds is 11. The van der Waals surface area contributed by atoms with Crippen LogP contribution in [0.15, 0.2) is 58.3 Å². The molecule has 2 heterocycles. The number of esters is 1. The predicted octanol–water partition coefficient (Wildman–Crippen LogP) is 2.07. The molecule has 0 spiro atoms. The molecule has 0 unspecified atom stereocenters. The number of benzene rings is 2. The maximum absolute atomic E-state index is 13.2. The van der Waals surface area contributed by atoms with Gasteiger partial charge in [0.15, 0.2) is 17.2 Å². The topological polar surface area (TPSA) is 176 Å². The molecule has 0 aliphatic heterocycles. The molecule has 0 saturated heterocycles. The molecule has 2 aromatic heterocycles. The number of hydrazone groups is 1. The number of nitrogens with one attached hydrogen (secondary N) is 1. The third-order valence-corrected chi connectivity index (χ3v) is 5.70. The normalized spacial score (nSPS) is 11.2. The van der Waals surface area contributed by atoms with Crippen LogP contribution in [0, 0.1) is 0 Å². The first-order valence-electron chi connectivity index (χ1n) is 12.0. The molecule has 14 nitrogen and oxygen atoms in total. The Morgan fingerprint density at radius 2 is 1.90 bits per heavy atom. The van der Waals surface area contributed by atoms with E-state index in [2.05, 4.69) is 40.7 Å². The van der Waals surface area contributed by atoms with E-state index in [4.69, 9.17) is 15.2 Å². The molecule has 14 heteroatoms. The minimum atomic E-state index is -0.596. The highest BCUT2D eigenvalue weighted by Crippen LogP contribution is 2.28. The van der Waals surface area contributed by atoms with E-state index in [-0.39, 0.29) is 23.1 Å². The Bertz CT molecular complexity index is 1460. The predicted molar refractivity (Wildman–Crippen MR) is 140 cm³/mol. The molecule has 39 heavy (non-hydrogen) atoms. The lowest BCUT2D eigenvalue weighted by Gasteiger charge is -2.16. The number of nitrogen functional groups attached to an aromatic ring is 1. The molecule has 0 aliphatic rings. The van der Waals surface area contributed by atoms with E-state index in [1.54, 1.807) is 42.5 Å². The Balaban J connectivity index is 1.52. The lowest BCUT2D eigenvalue weighted by Crippen LogP contribution is -2.27. The van der Waals surface area contributed by atoms with Crippen molar-refractivity contribution in [3.05, 3.63) is 71.0 Å². The van der Waals surface area contributed by atoms with Crippen LogP contribution in [0.1, 0.15) is 46.0 Å². The van der Waals surface area contributed by atoms with E-state index in [0.717, 1.165) is 17.8 Å². The van der Waals surface area contributed by atoms with Crippen molar-refractivity contribution >= 4 is 23.9 Å². The zero-order valence-corrected chi connectivity index (χ0v) is 21.6. The summed E-state index contributed by atoms with van der Waals surface area (Å²) in [6.07, 6.45) is 1.41. The van der Waals surface area contributed by atoms with Crippen LogP contribution in [0.5, 0.6) is 11.5 Å². The van der Waals surface area contributed by atoms with Gasteiger partial charge in [0, 0.05) is 6.54 Å². The van der Waals surface area contributed by atoms with E-state index in [1.165, 1.54) is 13.3 Å². The minimum absolute atomic E-state index is 0.0350. The number of aromatic nitrogens is 5. The SMILES string of the molecule is CCN(CC)Cc1nnn(-c2nonc2N)c1C(=O)N/N=C\c1ccc(OC(=O)c2ccccc2)c(OC)c1. The minimum Gasteiger partial charge on any atom is -0.493 e. The summed E-state index contributed by atoms with van der Waals surface area (Å²) < 4.78 is 16.6. The van der Waals surface area contributed by atoms with Gasteiger partial charge >= 0.3 is 5.97 Å². The average Bonchev–Trinajstić information content (AvgIpc) is 3.58. The Morgan fingerprint density at radius 3 is 2.56 bits per heavy atom. The molecule has 2 aromatic carbocycles. The van der Waals surface area contributed by atoms with E-state index in [9.17, 15) is 9.59 Å². The molecule has 0 radical (unpaired) electrons. The molecular weight excluding hydrogens is 506 g/mol. The van der Waals surface area contributed by atoms with Gasteiger partial charge in [-0.3, -0.25) is 9.69 Å². The molecule has 0 atom stereocenters. The standard InChI is InChI=1S/C25H27N9O5/c1-4-33(5-2)15-18-21(34(32-28-18)23-22(26)30-39-31-23)24(35)29-27-14-16-11-12-19(20(13-16)37-3)38-25(36)17-9-7-6-8-10-17/h6-14H,4-5,15H2,1-3H3,(H2,26,30)(H,29,35)/b27-14-. The Hall–Kier alpha value is -5.11. The summed E-state index contributed by atoms with van der Waals surface area (Å²) in [4.78, 5) is 27.7. The van der Waals surface area contributed by atoms with Crippen molar-refractivity contribution in [1.82, 2.24) is 35.6 Å². The van der Waals surface area contributed by atoms with Gasteiger partial charge in [0.25, 0.3) is 5.91 Å². The van der Waals surface area contributed by atoms with Gasteiger partial charge in [-0.2, -0.15) is 9.78 Å². The van der Waals surface area contributed by atoms with Gasteiger partial charge in [0.1, 0.15) is 5.69 Å². The van der Waals surface area contributed by atoms with Crippen molar-refractivity contribution < 1.29 is 23.7 Å². The summed E-state index contributed by atoms with van der Waals surface area (Å²) in [5.74, 6) is -0.577. The number of ether oxygens (including phenoxy) is 2. The van der Waals surface area contributed by atoms with Crippen molar-refractivity contribution in [2.75, 3.05) is 25.9 Å². The van der Waals surface area contributed by atoms with Gasteiger partial charge in [0.2, 0.25) is 11.6 Å². The highest BCUT2D eigenvalue weighted by molar-refractivity contribution is 5.95. The zero-order valence-electron chi connectivity index (χ0n) is 21.6. The zero-order chi connectivity index (χ0) is 27.8. The van der Waals surface area contributed by atoms with Crippen LogP contribution in [0.2, 0.25) is 0 Å². The first kappa shape index (κ1) is 26.9. The van der Waals surface area contributed by atoms with Crippen molar-refractivity contribution in [2.24, 2.45) is 5.10 Å². The number of hydrogen-bond donors (Lipinski definition) is 2. The number of anilines is 1. The quantitative estimate of drug-likeness (QED) is 0.125. The number of nitrogens with two attached hydrogens (primary N) is 1. The average molecular weight is 534 g/mol. The van der Waals surface area contributed by atoms with E-state index >= 15 is 0 Å². The first-order valence-corrected chi connectivity index (χ1v) is 12.0. The monoisotopic (exact) mass is 533 g/mol. The highest BCUT2D eigenvalue weighted by atomic mass is 16.6. The van der Waals surface area contributed by atoms with Crippen LogP contribution in [0.3, 0.4) is 0 Å². The second-order valence-electron chi connectivity index (χ2n) is 8.10. The number of carbonyl (C=O) groups is 2. The number of hydrogen-bond acceptors (Lipinski definition) is 12. The number of amides is 1. The van der Waals surface area contributed by atoms with Crippen molar-refractivity contribution in [3.8, 4) is 17.3 Å². The molecule has 0 saturated carbocycles. The van der Waals surface area contributed by atoms with Gasteiger partial charge in [-0.25, -0.2) is 14.8 Å². The smallest absolute Gasteiger partial charge is 0.343 e. The van der Waals surface area contributed by atoms with Gasteiger partial charge in [0.05, 0.1) is 18.9 Å². The molecule has 202 valence electrons. The molecule has 0 bridgehead atoms. The van der Waals surface area contributed by atoms with Crippen LogP contribution >= 0.6 is 0 Å². The van der Waals surface area contributed by atoms with E-state index < -0.39 is 11.9 Å². The van der Waals surface area contributed by atoms with Crippen molar-refractivity contribution in [3.63, 3.8) is 0 Å². The summed E-state index contributed by atoms with van der Waals surface area (Å²) in [5.41, 5.74) is 9.76. The Labute approximate surface area is 223 Å². The Morgan fingerprint density at radius 1 is 1.13 bits per heavy atom. The molecule has 3 N–H and O–H groups in total. The molecular formula is C25H27N9O5. The molecule has 1 amide bonds. The number of methoxy groups -OCH3 is 1. The largest absolute Gasteiger partial charge is 0.493 e. The van der Waals surface area contributed by atoms with Crippen LogP contribution in [0.25, 0.3) is 5.82 Å². The fourth-order valence-electron chi connectivity index (χ4n) is 3.59. The van der Waals surface area contributed by atoms with Crippen LogP contribution in [0.4, 0.5) is 5.82 Å². The molecule has 0 fully saturated rings. The third kappa shape index (κ3) is 6.24. The lowest BCUT2D eigenvalue weighted by atomic mass is 10.2. The van der Waals surface area contributed by atoms with E-state index in [1.807, 2.05) is 19.9 Å². The third-order valence-electron chi connectivity index (χ3n) is 5.70. The summed E-state index contributed by atoms with van der Waals surface area (Å²) in [7, 11) is 1.45. The van der Waals surface area contributed by atoms with Crippen LogP contribution in [-0.2, 0) is 6.54 Å².